The highest BCUT2D eigenvalue weighted by Crippen LogP contribution is 2.37. The Morgan fingerprint density at radius 3 is 2.59 bits per heavy atom. The molecule has 1 atom stereocenters. The summed E-state index contributed by atoms with van der Waals surface area (Å²) in [5.41, 5.74) is 1.31. The van der Waals surface area contributed by atoms with Crippen molar-refractivity contribution >= 4 is 5.82 Å². The summed E-state index contributed by atoms with van der Waals surface area (Å²) >= 11 is 0. The third-order valence-electron chi connectivity index (χ3n) is 4.83. The second-order valence-corrected chi connectivity index (χ2v) is 6.49. The molecule has 27 heavy (non-hydrogen) atoms. The van der Waals surface area contributed by atoms with Gasteiger partial charge >= 0.3 is 0 Å². The maximum Gasteiger partial charge on any atom is 0.199 e. The third kappa shape index (κ3) is 3.25. The second-order valence-electron chi connectivity index (χ2n) is 6.49. The van der Waals surface area contributed by atoms with Crippen molar-refractivity contribution in [1.29, 1.82) is 0 Å². The van der Waals surface area contributed by atoms with Crippen molar-refractivity contribution in [3.05, 3.63) is 65.6 Å². The number of benzene rings is 1. The first kappa shape index (κ1) is 17.5. The molecule has 0 aliphatic carbocycles. The molecule has 4 rings (SSSR count). The first-order chi connectivity index (χ1) is 13.2. The van der Waals surface area contributed by atoms with Gasteiger partial charge < -0.3 is 4.90 Å². The molecular formula is C20H19F2N5. The predicted octanol–water partition coefficient (Wildman–Crippen LogP) is 4.12. The molecule has 0 saturated heterocycles. The van der Waals surface area contributed by atoms with Crippen LogP contribution >= 0.6 is 0 Å². The summed E-state index contributed by atoms with van der Waals surface area (Å²) in [6.07, 6.45) is 7.14. The van der Waals surface area contributed by atoms with Crippen LogP contribution in [0.2, 0.25) is 0 Å². The van der Waals surface area contributed by atoms with Crippen molar-refractivity contribution in [3.63, 3.8) is 0 Å². The van der Waals surface area contributed by atoms with Gasteiger partial charge in [-0.2, -0.15) is 0 Å². The number of halogens is 2. The number of hydrogen-bond donors (Lipinski definition) is 0. The van der Waals surface area contributed by atoms with Crippen LogP contribution in [0.5, 0.6) is 0 Å². The molecule has 138 valence electrons. The van der Waals surface area contributed by atoms with Crippen LogP contribution < -0.4 is 4.90 Å². The minimum Gasteiger partial charge on any atom is -0.349 e. The number of aromatic nitrogens is 4. The van der Waals surface area contributed by atoms with Crippen molar-refractivity contribution < 1.29 is 8.78 Å². The molecule has 5 nitrogen and oxygen atoms in total. The Labute approximate surface area is 156 Å². The van der Waals surface area contributed by atoms with E-state index in [1.54, 1.807) is 30.7 Å². The SMILES string of the molecule is CCCC1c2ccc(F)c(F)c2CCN1c1ccnc(-c2ncccn2)n1. The highest BCUT2D eigenvalue weighted by Gasteiger charge is 2.30. The van der Waals surface area contributed by atoms with Gasteiger partial charge in [0.25, 0.3) is 0 Å². The zero-order valence-electron chi connectivity index (χ0n) is 14.9. The molecule has 2 aromatic heterocycles. The van der Waals surface area contributed by atoms with Crippen LogP contribution in [0.15, 0.2) is 42.9 Å². The standard InChI is InChI=1S/C20H19F2N5/c1-2-4-16-13-5-6-15(21)18(22)14(13)8-12-27(16)17-7-11-25-20(26-17)19-23-9-3-10-24-19/h3,5-7,9-11,16H,2,4,8,12H2,1H3. The topological polar surface area (TPSA) is 54.8 Å². The van der Waals surface area contributed by atoms with Gasteiger partial charge in [-0.1, -0.05) is 19.4 Å². The van der Waals surface area contributed by atoms with Crippen LogP contribution in [0.3, 0.4) is 0 Å². The number of nitrogens with zero attached hydrogens (tertiary/aromatic N) is 5. The molecule has 1 aromatic carbocycles. The van der Waals surface area contributed by atoms with E-state index in [-0.39, 0.29) is 6.04 Å². The fraction of sp³-hybridized carbons (Fsp3) is 0.300. The first-order valence-electron chi connectivity index (χ1n) is 9.03. The molecule has 1 aliphatic heterocycles. The maximum absolute atomic E-state index is 14.3. The van der Waals surface area contributed by atoms with Crippen LogP contribution in [0.1, 0.15) is 36.9 Å². The predicted molar refractivity (Wildman–Crippen MR) is 98.1 cm³/mol. The van der Waals surface area contributed by atoms with Crippen LogP contribution in [0.4, 0.5) is 14.6 Å². The summed E-state index contributed by atoms with van der Waals surface area (Å²) in [5, 5.41) is 0. The lowest BCUT2D eigenvalue weighted by molar-refractivity contribution is 0.471. The normalized spacial score (nSPS) is 16.3. The summed E-state index contributed by atoms with van der Waals surface area (Å²) < 4.78 is 27.9. The Hall–Kier alpha value is -2.96. The van der Waals surface area contributed by atoms with Crippen molar-refractivity contribution in [3.8, 4) is 11.6 Å². The quantitative estimate of drug-likeness (QED) is 0.694. The van der Waals surface area contributed by atoms with E-state index < -0.39 is 11.6 Å². The largest absolute Gasteiger partial charge is 0.349 e. The number of anilines is 1. The fourth-order valence-electron chi connectivity index (χ4n) is 3.62. The lowest BCUT2D eigenvalue weighted by Gasteiger charge is -2.38. The molecule has 0 saturated carbocycles. The van der Waals surface area contributed by atoms with E-state index in [0.717, 1.165) is 24.2 Å². The van der Waals surface area contributed by atoms with E-state index in [2.05, 4.69) is 31.8 Å². The lowest BCUT2D eigenvalue weighted by atomic mass is 9.89. The number of fused-ring (bicyclic) bond motifs is 1. The molecule has 3 aromatic rings. The van der Waals surface area contributed by atoms with Gasteiger partial charge in [-0.3, -0.25) is 0 Å². The van der Waals surface area contributed by atoms with E-state index in [4.69, 9.17) is 0 Å². The van der Waals surface area contributed by atoms with Crippen LogP contribution in [-0.4, -0.2) is 26.5 Å². The molecule has 0 radical (unpaired) electrons. The van der Waals surface area contributed by atoms with Gasteiger partial charge in [-0.25, -0.2) is 28.7 Å². The molecular weight excluding hydrogens is 348 g/mol. The molecule has 0 fully saturated rings. The lowest BCUT2D eigenvalue weighted by Crippen LogP contribution is -2.36. The fourth-order valence-corrected chi connectivity index (χ4v) is 3.62. The third-order valence-corrected chi connectivity index (χ3v) is 4.83. The highest BCUT2D eigenvalue weighted by molar-refractivity contribution is 5.52. The zero-order valence-corrected chi connectivity index (χ0v) is 14.9. The first-order valence-corrected chi connectivity index (χ1v) is 9.03. The van der Waals surface area contributed by atoms with Crippen molar-refractivity contribution in [2.24, 2.45) is 0 Å². The van der Waals surface area contributed by atoms with Gasteiger partial charge in [0, 0.05) is 25.1 Å². The van der Waals surface area contributed by atoms with Crippen molar-refractivity contribution in [2.45, 2.75) is 32.2 Å². The smallest absolute Gasteiger partial charge is 0.199 e. The second kappa shape index (κ2) is 7.34. The highest BCUT2D eigenvalue weighted by atomic mass is 19.2. The van der Waals surface area contributed by atoms with E-state index in [1.807, 2.05) is 6.07 Å². The monoisotopic (exact) mass is 367 g/mol. The molecule has 1 aliphatic rings. The minimum atomic E-state index is -0.789. The van der Waals surface area contributed by atoms with Crippen LogP contribution in [0.25, 0.3) is 11.6 Å². The molecule has 3 heterocycles. The Morgan fingerprint density at radius 2 is 1.81 bits per heavy atom. The molecule has 1 unspecified atom stereocenters. The average Bonchev–Trinajstić information content (AvgIpc) is 2.72. The Morgan fingerprint density at radius 1 is 1.04 bits per heavy atom. The summed E-state index contributed by atoms with van der Waals surface area (Å²) in [7, 11) is 0. The summed E-state index contributed by atoms with van der Waals surface area (Å²) in [4.78, 5) is 19.4. The number of rotatable bonds is 4. The van der Waals surface area contributed by atoms with Gasteiger partial charge in [0.05, 0.1) is 6.04 Å². The Bertz CT molecular complexity index is 948. The van der Waals surface area contributed by atoms with E-state index in [1.165, 1.54) is 6.07 Å². The van der Waals surface area contributed by atoms with Gasteiger partial charge in [-0.15, -0.1) is 0 Å². The van der Waals surface area contributed by atoms with Gasteiger partial charge in [0.1, 0.15) is 5.82 Å². The van der Waals surface area contributed by atoms with Gasteiger partial charge in [0.15, 0.2) is 23.3 Å². The molecule has 0 amide bonds. The van der Waals surface area contributed by atoms with Crippen LogP contribution in [-0.2, 0) is 6.42 Å². The maximum atomic E-state index is 14.3. The summed E-state index contributed by atoms with van der Waals surface area (Å²) in [5.74, 6) is 0.120. The summed E-state index contributed by atoms with van der Waals surface area (Å²) in [6.45, 7) is 2.64. The molecule has 7 heteroatoms. The average molecular weight is 367 g/mol. The van der Waals surface area contributed by atoms with Crippen molar-refractivity contribution in [2.75, 3.05) is 11.4 Å². The zero-order chi connectivity index (χ0) is 18.8. The van der Waals surface area contributed by atoms with Gasteiger partial charge in [0.2, 0.25) is 0 Å². The summed E-state index contributed by atoms with van der Waals surface area (Å²) in [6, 6.07) is 6.42. The van der Waals surface area contributed by atoms with E-state index in [9.17, 15) is 8.78 Å². The minimum absolute atomic E-state index is 0.0618. The van der Waals surface area contributed by atoms with E-state index >= 15 is 0 Å². The molecule has 0 N–H and O–H groups in total. The van der Waals surface area contributed by atoms with Gasteiger partial charge in [-0.05, 0) is 42.2 Å². The molecule has 0 spiro atoms. The van der Waals surface area contributed by atoms with Crippen molar-refractivity contribution in [1.82, 2.24) is 19.9 Å². The Balaban J connectivity index is 1.74. The van der Waals surface area contributed by atoms with E-state index in [0.29, 0.717) is 30.2 Å². The van der Waals surface area contributed by atoms with Crippen LogP contribution in [0, 0.1) is 11.6 Å². The Kier molecular flexibility index (Phi) is 4.75. The number of hydrogen-bond acceptors (Lipinski definition) is 5. The molecule has 0 bridgehead atoms.